The van der Waals surface area contributed by atoms with Gasteiger partial charge in [0.2, 0.25) is 0 Å². The normalized spacial score (nSPS) is 12.9. The smallest absolute Gasteiger partial charge is 0.115 e. The minimum Gasteiger partial charge on any atom is -0.383 e. The summed E-state index contributed by atoms with van der Waals surface area (Å²) in [6.45, 7) is 6.36. The fraction of sp³-hybridized carbons (Fsp3) is 0.375. The molecule has 1 aromatic heterocycles. The third-order valence-electron chi connectivity index (χ3n) is 3.08. The minimum atomic E-state index is -0.627. The number of benzene rings is 1. The van der Waals surface area contributed by atoms with E-state index in [1.54, 1.807) is 0 Å². The highest BCUT2D eigenvalue weighted by atomic mass is 35.5. The molecule has 0 saturated heterocycles. The fourth-order valence-electron chi connectivity index (χ4n) is 2.15. The van der Waals surface area contributed by atoms with Gasteiger partial charge >= 0.3 is 0 Å². The van der Waals surface area contributed by atoms with Gasteiger partial charge in [-0.15, -0.1) is 11.3 Å². The average Bonchev–Trinajstić information content (AvgIpc) is 2.69. The van der Waals surface area contributed by atoms with E-state index in [1.165, 1.54) is 16.9 Å². The van der Waals surface area contributed by atoms with Crippen molar-refractivity contribution < 1.29 is 5.11 Å². The summed E-state index contributed by atoms with van der Waals surface area (Å²) in [5, 5.41) is 13.1. The Morgan fingerprint density at radius 3 is 2.63 bits per heavy atom. The number of hydrogen-bond acceptors (Lipinski definition) is 2. The number of halogens is 1. The van der Waals surface area contributed by atoms with E-state index in [9.17, 15) is 5.11 Å². The first-order chi connectivity index (χ1) is 8.99. The van der Waals surface area contributed by atoms with Crippen molar-refractivity contribution in [3.63, 3.8) is 0 Å². The zero-order valence-corrected chi connectivity index (χ0v) is 13.1. The van der Waals surface area contributed by atoms with Crippen LogP contribution in [0.15, 0.2) is 29.6 Å². The monoisotopic (exact) mass is 294 g/mol. The third kappa shape index (κ3) is 3.38. The number of aliphatic hydroxyl groups excluding tert-OH is 1. The van der Waals surface area contributed by atoms with Gasteiger partial charge in [0.05, 0.1) is 9.90 Å². The Balaban J connectivity index is 2.28. The zero-order valence-electron chi connectivity index (χ0n) is 11.5. The third-order valence-corrected chi connectivity index (χ3v) is 4.85. The molecule has 1 heterocycles. The molecule has 0 spiro atoms. The van der Waals surface area contributed by atoms with Gasteiger partial charge in [-0.25, -0.2) is 0 Å². The average molecular weight is 295 g/mol. The molecule has 102 valence electrons. The van der Waals surface area contributed by atoms with Crippen LogP contribution in [0.5, 0.6) is 0 Å². The summed E-state index contributed by atoms with van der Waals surface area (Å²) < 4.78 is 0. The molecule has 1 aromatic carbocycles. The van der Waals surface area contributed by atoms with Crippen LogP contribution in [0.25, 0.3) is 0 Å². The number of aryl methyl sites for hydroxylation is 1. The molecular weight excluding hydrogens is 276 g/mol. The molecule has 0 aliphatic carbocycles. The van der Waals surface area contributed by atoms with Crippen molar-refractivity contribution in [1.82, 2.24) is 0 Å². The summed E-state index contributed by atoms with van der Waals surface area (Å²) in [7, 11) is 0. The quantitative estimate of drug-likeness (QED) is 0.842. The highest BCUT2D eigenvalue weighted by molar-refractivity contribution is 7.10. The maximum Gasteiger partial charge on any atom is 0.115 e. The van der Waals surface area contributed by atoms with Crippen molar-refractivity contribution in [3.05, 3.63) is 56.2 Å². The van der Waals surface area contributed by atoms with Gasteiger partial charge in [-0.05, 0) is 41.3 Å². The first-order valence-electron chi connectivity index (χ1n) is 6.49. The Hall–Kier alpha value is -0.830. The summed E-state index contributed by atoms with van der Waals surface area (Å²) in [6.07, 6.45) is 0.399. The second-order valence-corrected chi connectivity index (χ2v) is 6.63. The second kappa shape index (κ2) is 6.08. The number of hydrogen-bond donors (Lipinski definition) is 1. The molecule has 2 aromatic rings. The maximum atomic E-state index is 10.5. The van der Waals surface area contributed by atoms with Crippen molar-refractivity contribution in [1.29, 1.82) is 0 Å². The van der Waals surface area contributed by atoms with Crippen LogP contribution in [0.3, 0.4) is 0 Å². The fourth-order valence-corrected chi connectivity index (χ4v) is 3.45. The molecule has 0 bridgehead atoms. The Bertz CT molecular complexity index is 560. The van der Waals surface area contributed by atoms with Gasteiger partial charge < -0.3 is 5.11 Å². The van der Waals surface area contributed by atoms with E-state index in [0.717, 1.165) is 22.4 Å². The molecule has 0 amide bonds. The van der Waals surface area contributed by atoms with Crippen LogP contribution in [0.2, 0.25) is 5.02 Å². The lowest BCUT2D eigenvalue weighted by molar-refractivity contribution is 0.224. The molecule has 0 fully saturated rings. The van der Waals surface area contributed by atoms with E-state index >= 15 is 0 Å². The van der Waals surface area contributed by atoms with Gasteiger partial charge in [-0.3, -0.25) is 0 Å². The number of aliphatic hydroxyl groups is 1. The topological polar surface area (TPSA) is 20.2 Å². The summed E-state index contributed by atoms with van der Waals surface area (Å²) in [5.74, 6) is 0.611. The van der Waals surface area contributed by atoms with Crippen molar-refractivity contribution in [2.45, 2.75) is 33.3 Å². The summed E-state index contributed by atoms with van der Waals surface area (Å²) in [6, 6.07) is 8.15. The number of rotatable bonds is 4. The van der Waals surface area contributed by atoms with Gasteiger partial charge in [-0.2, -0.15) is 0 Å². The van der Waals surface area contributed by atoms with Crippen LogP contribution in [0.4, 0.5) is 0 Å². The zero-order chi connectivity index (χ0) is 14.0. The van der Waals surface area contributed by atoms with E-state index in [0.29, 0.717) is 10.9 Å². The van der Waals surface area contributed by atoms with Crippen molar-refractivity contribution in [2.75, 3.05) is 0 Å². The van der Waals surface area contributed by atoms with E-state index in [4.69, 9.17) is 11.6 Å². The largest absolute Gasteiger partial charge is 0.383 e. The number of thiophene rings is 1. The van der Waals surface area contributed by atoms with Gasteiger partial charge in [0.1, 0.15) is 6.10 Å². The van der Waals surface area contributed by atoms with Gasteiger partial charge in [0.25, 0.3) is 0 Å². The van der Waals surface area contributed by atoms with Crippen LogP contribution < -0.4 is 0 Å². The van der Waals surface area contributed by atoms with Gasteiger partial charge in [0, 0.05) is 0 Å². The van der Waals surface area contributed by atoms with E-state index in [2.05, 4.69) is 26.0 Å². The van der Waals surface area contributed by atoms with Crippen LogP contribution in [-0.4, -0.2) is 5.11 Å². The summed E-state index contributed by atoms with van der Waals surface area (Å²) in [5.41, 5.74) is 3.21. The molecule has 1 nitrogen and oxygen atoms in total. The minimum absolute atomic E-state index is 0.611. The lowest BCUT2D eigenvalue weighted by Gasteiger charge is -2.12. The molecule has 1 N–H and O–H groups in total. The Kier molecular flexibility index (Phi) is 4.67. The van der Waals surface area contributed by atoms with Gasteiger partial charge in [-0.1, -0.05) is 49.7 Å². The molecule has 19 heavy (non-hydrogen) atoms. The lowest BCUT2D eigenvalue weighted by atomic mass is 9.98. The molecule has 3 heteroatoms. The highest BCUT2D eigenvalue weighted by Gasteiger charge is 2.17. The van der Waals surface area contributed by atoms with E-state index < -0.39 is 6.10 Å². The SMILES string of the molecule is Cc1csc(C(O)c2cccc(CC(C)C)c2)c1Cl. The molecule has 1 unspecified atom stereocenters. The second-order valence-electron chi connectivity index (χ2n) is 5.34. The molecule has 2 rings (SSSR count). The predicted octanol–water partition coefficient (Wildman–Crippen LogP) is 4.99. The van der Waals surface area contributed by atoms with E-state index in [1.807, 2.05) is 24.4 Å². The first kappa shape index (κ1) is 14.6. The molecule has 0 aliphatic heterocycles. The summed E-state index contributed by atoms with van der Waals surface area (Å²) >= 11 is 7.74. The van der Waals surface area contributed by atoms with Crippen molar-refractivity contribution in [3.8, 4) is 0 Å². The van der Waals surface area contributed by atoms with E-state index in [-0.39, 0.29) is 0 Å². The standard InChI is InChI=1S/C16H19ClOS/c1-10(2)7-12-5-4-6-13(8-12)15(18)16-14(17)11(3)9-19-16/h4-6,8-10,15,18H,7H2,1-3H3. The Morgan fingerprint density at radius 2 is 2.05 bits per heavy atom. The summed E-state index contributed by atoms with van der Waals surface area (Å²) in [4.78, 5) is 0.834. The van der Waals surface area contributed by atoms with Crippen molar-refractivity contribution in [2.24, 2.45) is 5.92 Å². The molecular formula is C16H19ClOS. The van der Waals surface area contributed by atoms with Crippen LogP contribution in [0, 0.1) is 12.8 Å². The van der Waals surface area contributed by atoms with Crippen LogP contribution in [0.1, 0.15) is 41.5 Å². The van der Waals surface area contributed by atoms with Crippen molar-refractivity contribution >= 4 is 22.9 Å². The Morgan fingerprint density at radius 1 is 1.32 bits per heavy atom. The Labute approximate surface area is 123 Å². The predicted molar refractivity (Wildman–Crippen MR) is 83.1 cm³/mol. The van der Waals surface area contributed by atoms with Crippen LogP contribution in [-0.2, 0) is 6.42 Å². The molecule has 0 radical (unpaired) electrons. The van der Waals surface area contributed by atoms with Crippen LogP contribution >= 0.6 is 22.9 Å². The lowest BCUT2D eigenvalue weighted by Crippen LogP contribution is -2.00. The van der Waals surface area contributed by atoms with Gasteiger partial charge in [0.15, 0.2) is 0 Å². The molecule has 0 aliphatic rings. The maximum absolute atomic E-state index is 10.5. The first-order valence-corrected chi connectivity index (χ1v) is 7.75. The highest BCUT2D eigenvalue weighted by Crippen LogP contribution is 2.35. The molecule has 0 saturated carbocycles. The molecule has 1 atom stereocenters.